The number of hydrogen-bond acceptors (Lipinski definition) is 5. The summed E-state index contributed by atoms with van der Waals surface area (Å²) in [6.07, 6.45) is -0.212. The van der Waals surface area contributed by atoms with Gasteiger partial charge in [-0.05, 0) is 39.5 Å². The van der Waals surface area contributed by atoms with Crippen molar-refractivity contribution >= 4 is 17.4 Å². The summed E-state index contributed by atoms with van der Waals surface area (Å²) >= 11 is 1.69. The molecule has 1 amide bonds. The van der Waals surface area contributed by atoms with Crippen LogP contribution in [0.15, 0.2) is 5.38 Å². The fourth-order valence-electron chi connectivity index (χ4n) is 3.48. The Morgan fingerprint density at radius 2 is 2.14 bits per heavy atom. The van der Waals surface area contributed by atoms with E-state index in [-0.39, 0.29) is 11.5 Å². The van der Waals surface area contributed by atoms with Crippen LogP contribution < -0.4 is 5.73 Å². The van der Waals surface area contributed by atoms with E-state index in [9.17, 15) is 4.79 Å². The van der Waals surface area contributed by atoms with Crippen molar-refractivity contribution in [2.75, 3.05) is 19.6 Å². The van der Waals surface area contributed by atoms with Crippen molar-refractivity contribution in [1.82, 2.24) is 9.88 Å². The number of amides is 1. The molecule has 0 spiro atoms. The predicted octanol–water partition coefficient (Wildman–Crippen LogP) is 2.14. The summed E-state index contributed by atoms with van der Waals surface area (Å²) in [5.41, 5.74) is 6.66. The number of carbonyl (C=O) groups excluding carboxylic acids is 1. The van der Waals surface area contributed by atoms with E-state index in [1.54, 1.807) is 11.3 Å². The van der Waals surface area contributed by atoms with Crippen LogP contribution in [0.3, 0.4) is 0 Å². The lowest BCUT2D eigenvalue weighted by molar-refractivity contribution is 0.0261. The van der Waals surface area contributed by atoms with Crippen LogP contribution in [0.5, 0.6) is 0 Å². The van der Waals surface area contributed by atoms with E-state index in [4.69, 9.17) is 10.5 Å². The van der Waals surface area contributed by atoms with E-state index >= 15 is 0 Å². The minimum absolute atomic E-state index is 0.00254. The molecule has 1 aromatic heterocycles. The molecule has 2 fully saturated rings. The number of aromatic nitrogens is 1. The monoisotopic (exact) mass is 309 g/mol. The number of carbonyl (C=O) groups is 1. The normalized spacial score (nSPS) is 31.2. The van der Waals surface area contributed by atoms with Gasteiger partial charge < -0.3 is 15.4 Å². The molecule has 3 rings (SSSR count). The number of piperidine rings is 1. The first kappa shape index (κ1) is 14.8. The highest BCUT2D eigenvalue weighted by Gasteiger charge is 2.70. The second kappa shape index (κ2) is 4.68. The number of ether oxygens (including phenoxy) is 1. The Morgan fingerprint density at radius 1 is 1.52 bits per heavy atom. The second-order valence-corrected chi connectivity index (χ2v) is 7.99. The molecule has 1 saturated carbocycles. The van der Waals surface area contributed by atoms with E-state index in [0.717, 1.165) is 23.8 Å². The van der Waals surface area contributed by atoms with E-state index in [0.29, 0.717) is 18.4 Å². The molecule has 2 aliphatic rings. The van der Waals surface area contributed by atoms with Gasteiger partial charge in [0.1, 0.15) is 10.6 Å². The summed E-state index contributed by atoms with van der Waals surface area (Å²) in [6, 6.07) is 0. The van der Waals surface area contributed by atoms with Crippen molar-refractivity contribution in [2.24, 2.45) is 17.6 Å². The molecule has 116 valence electrons. The van der Waals surface area contributed by atoms with Gasteiger partial charge in [-0.2, -0.15) is 0 Å². The third kappa shape index (κ3) is 2.34. The number of fused-ring (bicyclic) bond motifs is 1. The summed E-state index contributed by atoms with van der Waals surface area (Å²) in [7, 11) is 0. The van der Waals surface area contributed by atoms with Crippen LogP contribution in [0.25, 0.3) is 0 Å². The molecule has 1 aliphatic heterocycles. The number of nitrogens with zero attached hydrogens (tertiary/aromatic N) is 2. The van der Waals surface area contributed by atoms with Gasteiger partial charge in [0.2, 0.25) is 0 Å². The molecule has 0 aromatic carbocycles. The third-order valence-electron chi connectivity index (χ3n) is 4.54. The van der Waals surface area contributed by atoms with Crippen LogP contribution in [0.4, 0.5) is 4.79 Å². The lowest BCUT2D eigenvalue weighted by Gasteiger charge is -2.28. The highest BCUT2D eigenvalue weighted by Crippen LogP contribution is 2.63. The third-order valence-corrected chi connectivity index (χ3v) is 5.69. The molecule has 0 radical (unpaired) electrons. The Balaban J connectivity index is 1.69. The molecule has 21 heavy (non-hydrogen) atoms. The minimum Gasteiger partial charge on any atom is -0.444 e. The van der Waals surface area contributed by atoms with Crippen molar-refractivity contribution in [1.29, 1.82) is 0 Å². The van der Waals surface area contributed by atoms with Gasteiger partial charge in [-0.1, -0.05) is 0 Å². The van der Waals surface area contributed by atoms with Crippen LogP contribution in [0, 0.1) is 18.8 Å². The summed E-state index contributed by atoms with van der Waals surface area (Å²) < 4.78 is 5.44. The summed E-state index contributed by atoms with van der Waals surface area (Å²) in [6.45, 7) is 9.76. The van der Waals surface area contributed by atoms with E-state index in [2.05, 4.69) is 10.4 Å². The Kier molecular flexibility index (Phi) is 3.29. The molecular weight excluding hydrogens is 286 g/mol. The van der Waals surface area contributed by atoms with Gasteiger partial charge in [0.15, 0.2) is 0 Å². The molecule has 2 N–H and O–H groups in total. The Morgan fingerprint density at radius 3 is 2.57 bits per heavy atom. The smallest absolute Gasteiger partial charge is 0.410 e. The predicted molar refractivity (Wildman–Crippen MR) is 82.4 cm³/mol. The maximum absolute atomic E-state index is 12.1. The molecule has 1 aliphatic carbocycles. The first-order valence-electron chi connectivity index (χ1n) is 7.38. The van der Waals surface area contributed by atoms with Gasteiger partial charge in [0, 0.05) is 36.1 Å². The average Bonchev–Trinajstić information content (AvgIpc) is 2.75. The number of nitrogens with two attached hydrogens (primary N) is 1. The first-order chi connectivity index (χ1) is 9.78. The molecule has 6 heteroatoms. The van der Waals surface area contributed by atoms with E-state index in [1.807, 2.05) is 32.6 Å². The van der Waals surface area contributed by atoms with Gasteiger partial charge in [0.05, 0.1) is 0 Å². The maximum Gasteiger partial charge on any atom is 0.410 e. The summed E-state index contributed by atoms with van der Waals surface area (Å²) in [5, 5.41) is 3.22. The van der Waals surface area contributed by atoms with Crippen molar-refractivity contribution in [2.45, 2.75) is 38.7 Å². The molecule has 0 bridgehead atoms. The largest absolute Gasteiger partial charge is 0.444 e. The second-order valence-electron chi connectivity index (χ2n) is 7.14. The van der Waals surface area contributed by atoms with Gasteiger partial charge in [-0.15, -0.1) is 11.3 Å². The number of hydrogen-bond donors (Lipinski definition) is 1. The summed E-state index contributed by atoms with van der Waals surface area (Å²) in [5.74, 6) is 0.862. The van der Waals surface area contributed by atoms with Crippen molar-refractivity contribution in [3.63, 3.8) is 0 Å². The SMILES string of the molecule is Cc1csc(C2(CN)[C@@H]3CN(C(=O)OC(C)(C)C)C[C@@H]32)n1. The molecular formula is C15H23N3O2S. The molecule has 1 aromatic rings. The first-order valence-corrected chi connectivity index (χ1v) is 8.26. The number of aryl methyl sites for hydroxylation is 1. The molecule has 1 unspecified atom stereocenters. The van der Waals surface area contributed by atoms with Crippen molar-refractivity contribution in [3.8, 4) is 0 Å². The lowest BCUT2D eigenvalue weighted by Crippen LogP contribution is -2.40. The Hall–Kier alpha value is -1.14. The molecule has 2 heterocycles. The highest BCUT2D eigenvalue weighted by molar-refractivity contribution is 7.09. The Bertz CT molecular complexity index is 552. The van der Waals surface area contributed by atoms with E-state index < -0.39 is 5.60 Å². The molecule has 3 atom stereocenters. The van der Waals surface area contributed by atoms with Gasteiger partial charge >= 0.3 is 6.09 Å². The van der Waals surface area contributed by atoms with Gasteiger partial charge in [-0.25, -0.2) is 9.78 Å². The topological polar surface area (TPSA) is 68.5 Å². The van der Waals surface area contributed by atoms with Crippen LogP contribution in [-0.4, -0.2) is 41.2 Å². The minimum atomic E-state index is -0.443. The van der Waals surface area contributed by atoms with Crippen LogP contribution in [-0.2, 0) is 10.2 Å². The number of thiazole rings is 1. The fraction of sp³-hybridized carbons (Fsp3) is 0.733. The summed E-state index contributed by atoms with van der Waals surface area (Å²) in [4.78, 5) is 18.6. The quantitative estimate of drug-likeness (QED) is 0.909. The van der Waals surface area contributed by atoms with Gasteiger partial charge in [-0.3, -0.25) is 0 Å². The lowest BCUT2D eigenvalue weighted by atomic mass is 10.0. The molecule has 5 nitrogen and oxygen atoms in total. The Labute approximate surface area is 129 Å². The van der Waals surface area contributed by atoms with E-state index in [1.165, 1.54) is 0 Å². The average molecular weight is 309 g/mol. The number of likely N-dealkylation sites (tertiary alicyclic amines) is 1. The molecule has 1 saturated heterocycles. The zero-order chi connectivity index (χ0) is 15.4. The standard InChI is InChI=1S/C15H23N3O2S/c1-9-7-21-12(17-9)15(8-16)10-5-18(6-11(10)15)13(19)20-14(2,3)4/h7,10-11H,5-6,8,16H2,1-4H3/t10-,11+,15?. The van der Waals surface area contributed by atoms with Crippen molar-refractivity contribution < 1.29 is 9.53 Å². The maximum atomic E-state index is 12.1. The zero-order valence-corrected chi connectivity index (χ0v) is 13.9. The van der Waals surface area contributed by atoms with Crippen LogP contribution >= 0.6 is 11.3 Å². The van der Waals surface area contributed by atoms with Gasteiger partial charge in [0.25, 0.3) is 0 Å². The zero-order valence-electron chi connectivity index (χ0n) is 13.0. The van der Waals surface area contributed by atoms with Crippen molar-refractivity contribution in [3.05, 3.63) is 16.1 Å². The fourth-order valence-corrected chi connectivity index (χ4v) is 4.62. The van der Waals surface area contributed by atoms with Crippen LogP contribution in [0.2, 0.25) is 0 Å². The van der Waals surface area contributed by atoms with Crippen LogP contribution in [0.1, 0.15) is 31.5 Å². The highest BCUT2D eigenvalue weighted by atomic mass is 32.1. The number of rotatable bonds is 2.